The zero-order valence-electron chi connectivity index (χ0n) is 26.1. The maximum absolute atomic E-state index is 12.7. The molecule has 0 spiro atoms. The number of aromatic nitrogens is 5. The average molecular weight is 625 g/mol. The summed E-state index contributed by atoms with van der Waals surface area (Å²) in [5, 5.41) is 11.9. The normalized spacial score (nSPS) is 14.7. The minimum Gasteiger partial charge on any atom is -0.497 e. The highest BCUT2D eigenvalue weighted by Crippen LogP contribution is 2.35. The van der Waals surface area contributed by atoms with E-state index in [1.165, 1.54) is 0 Å². The van der Waals surface area contributed by atoms with Gasteiger partial charge in [0.05, 0.1) is 13.7 Å². The lowest BCUT2D eigenvalue weighted by Crippen LogP contribution is -2.36. The predicted octanol–water partition coefficient (Wildman–Crippen LogP) is 5.68. The maximum Gasteiger partial charge on any atom is 0.410 e. The largest absolute Gasteiger partial charge is 0.497 e. The van der Waals surface area contributed by atoms with E-state index in [0.717, 1.165) is 17.7 Å². The van der Waals surface area contributed by atoms with Crippen molar-refractivity contribution in [3.05, 3.63) is 84.3 Å². The molecule has 3 N–H and O–H groups in total. The first-order chi connectivity index (χ1) is 22.1. The molecule has 0 radical (unpaired) electrons. The first-order valence-electron chi connectivity index (χ1n) is 15.0. The van der Waals surface area contributed by atoms with Crippen molar-refractivity contribution in [2.24, 2.45) is 0 Å². The van der Waals surface area contributed by atoms with Gasteiger partial charge < -0.3 is 29.4 Å². The molecule has 4 heterocycles. The van der Waals surface area contributed by atoms with E-state index >= 15 is 0 Å². The number of pyridine rings is 1. The Morgan fingerprint density at radius 3 is 2.46 bits per heavy atom. The van der Waals surface area contributed by atoms with Crippen molar-refractivity contribution in [3.8, 4) is 17.2 Å². The van der Waals surface area contributed by atoms with Gasteiger partial charge >= 0.3 is 6.09 Å². The monoisotopic (exact) mass is 624 g/mol. The second kappa shape index (κ2) is 12.8. The Bertz CT molecular complexity index is 1810. The highest BCUT2D eigenvalue weighted by Gasteiger charge is 2.31. The number of nitrogens with zero attached hydrogens (tertiary/aromatic N) is 5. The molecule has 13 nitrogen and oxygen atoms in total. The van der Waals surface area contributed by atoms with Gasteiger partial charge in [0.1, 0.15) is 28.2 Å². The van der Waals surface area contributed by atoms with Crippen molar-refractivity contribution in [2.75, 3.05) is 30.8 Å². The minimum absolute atomic E-state index is 0.0555. The molecule has 46 heavy (non-hydrogen) atoms. The highest BCUT2D eigenvalue weighted by molar-refractivity contribution is 6.03. The third-order valence-electron chi connectivity index (χ3n) is 7.34. The van der Waals surface area contributed by atoms with Crippen molar-refractivity contribution in [2.45, 2.75) is 45.4 Å². The van der Waals surface area contributed by atoms with E-state index in [2.05, 4.69) is 25.6 Å². The molecular weight excluding hydrogens is 588 g/mol. The molecule has 13 heteroatoms. The van der Waals surface area contributed by atoms with E-state index in [1.54, 1.807) is 60.9 Å². The first kappa shape index (κ1) is 30.4. The van der Waals surface area contributed by atoms with Crippen LogP contribution in [-0.4, -0.2) is 73.5 Å². The fourth-order valence-corrected chi connectivity index (χ4v) is 5.15. The molecular formula is C33H36N8O5. The SMILES string of the molecule is COc1ccc(Cn2nc(N[C@H]3CCN(C(=O)OC(C)(C)C)C3)c3c(Oc4ccc(C(=O)Nc5ncc[nH]5)cc4)ccnc32)cc1. The van der Waals surface area contributed by atoms with Gasteiger partial charge in [-0.1, -0.05) is 12.1 Å². The van der Waals surface area contributed by atoms with Gasteiger partial charge in [-0.05, 0) is 69.2 Å². The van der Waals surface area contributed by atoms with Crippen LogP contribution in [0.4, 0.5) is 16.6 Å². The molecule has 6 rings (SSSR count). The predicted molar refractivity (Wildman–Crippen MR) is 173 cm³/mol. The number of fused-ring (bicyclic) bond motifs is 1. The van der Waals surface area contributed by atoms with Crippen LogP contribution in [0.3, 0.4) is 0 Å². The summed E-state index contributed by atoms with van der Waals surface area (Å²) in [7, 11) is 1.63. The molecule has 238 valence electrons. The number of ether oxygens (including phenoxy) is 3. The number of nitrogens with one attached hydrogen (secondary N) is 3. The number of rotatable bonds is 9. The number of methoxy groups -OCH3 is 1. The molecule has 1 saturated heterocycles. The van der Waals surface area contributed by atoms with E-state index in [1.807, 2.05) is 49.7 Å². The Kier molecular flexibility index (Phi) is 8.47. The van der Waals surface area contributed by atoms with Crippen LogP contribution < -0.4 is 20.1 Å². The summed E-state index contributed by atoms with van der Waals surface area (Å²) in [6.45, 7) is 7.08. The Hall–Kier alpha value is -5.59. The number of benzene rings is 2. The van der Waals surface area contributed by atoms with Crippen LogP contribution in [0.15, 0.2) is 73.2 Å². The van der Waals surface area contributed by atoms with Crippen LogP contribution >= 0.6 is 0 Å². The third kappa shape index (κ3) is 7.04. The number of hydrogen-bond donors (Lipinski definition) is 3. The number of anilines is 2. The van der Waals surface area contributed by atoms with Crippen LogP contribution in [0.2, 0.25) is 0 Å². The standard InChI is InChI=1S/C33H36N8O5/c1-33(2,3)46-32(43)40-18-14-23(20-40)37-28-27-26(45-25-11-7-22(8-12-25)30(42)38-31-35-16-17-36-31)13-15-34-29(27)41(39-28)19-21-5-9-24(44-4)10-6-21/h5-13,15-17,23H,14,18-20H2,1-4H3,(H,37,39)(H2,35,36,38,42)/t23-/m0/s1. The molecule has 1 aliphatic rings. The first-order valence-corrected chi connectivity index (χ1v) is 15.0. The minimum atomic E-state index is -0.571. The Morgan fingerprint density at radius 1 is 1.00 bits per heavy atom. The number of hydrogen-bond acceptors (Lipinski definition) is 9. The van der Waals surface area contributed by atoms with Gasteiger partial charge in [0.15, 0.2) is 11.5 Å². The van der Waals surface area contributed by atoms with Crippen molar-refractivity contribution >= 4 is 34.8 Å². The Morgan fingerprint density at radius 2 is 1.76 bits per heavy atom. The molecule has 0 aliphatic carbocycles. The van der Waals surface area contributed by atoms with Crippen molar-refractivity contribution in [1.82, 2.24) is 29.6 Å². The summed E-state index contributed by atoms with van der Waals surface area (Å²) in [4.78, 5) is 38.6. The molecule has 2 amide bonds. The second-order valence-corrected chi connectivity index (χ2v) is 11.9. The van der Waals surface area contributed by atoms with E-state index in [4.69, 9.17) is 19.3 Å². The lowest BCUT2D eigenvalue weighted by atomic mass is 10.2. The van der Waals surface area contributed by atoms with Crippen LogP contribution in [-0.2, 0) is 11.3 Å². The van der Waals surface area contributed by atoms with Gasteiger partial charge in [-0.25, -0.2) is 19.4 Å². The Labute approximate surface area is 265 Å². The number of amides is 2. The smallest absolute Gasteiger partial charge is 0.410 e. The summed E-state index contributed by atoms with van der Waals surface area (Å²) in [5.74, 6) is 2.52. The molecule has 1 fully saturated rings. The van der Waals surface area contributed by atoms with Gasteiger partial charge in [0, 0.05) is 49.4 Å². The number of likely N-dealkylation sites (tertiary alicyclic amines) is 1. The lowest BCUT2D eigenvalue weighted by Gasteiger charge is -2.24. The number of H-pyrrole nitrogens is 1. The van der Waals surface area contributed by atoms with Crippen molar-refractivity contribution < 1.29 is 23.8 Å². The van der Waals surface area contributed by atoms with E-state index in [0.29, 0.717) is 59.5 Å². The van der Waals surface area contributed by atoms with Crippen molar-refractivity contribution in [3.63, 3.8) is 0 Å². The number of imidazole rings is 1. The summed E-state index contributed by atoms with van der Waals surface area (Å²) in [6.07, 6.45) is 5.27. The van der Waals surface area contributed by atoms with E-state index in [9.17, 15) is 9.59 Å². The number of carbonyl (C=O) groups is 2. The van der Waals surface area contributed by atoms with Crippen LogP contribution in [0.1, 0.15) is 43.1 Å². The molecule has 0 saturated carbocycles. The zero-order chi connectivity index (χ0) is 32.3. The average Bonchev–Trinajstić information content (AvgIpc) is 3.79. The molecule has 2 aromatic carbocycles. The van der Waals surface area contributed by atoms with Gasteiger partial charge in [0.2, 0.25) is 5.95 Å². The molecule has 3 aromatic heterocycles. The maximum atomic E-state index is 12.7. The molecule has 0 bridgehead atoms. The number of carbonyl (C=O) groups excluding carboxylic acids is 2. The topological polar surface area (TPSA) is 149 Å². The quantitative estimate of drug-likeness (QED) is 0.188. The van der Waals surface area contributed by atoms with E-state index in [-0.39, 0.29) is 18.0 Å². The summed E-state index contributed by atoms with van der Waals surface area (Å²) < 4.78 is 19.1. The summed E-state index contributed by atoms with van der Waals surface area (Å²) >= 11 is 0. The van der Waals surface area contributed by atoms with Crippen LogP contribution in [0.5, 0.6) is 17.2 Å². The van der Waals surface area contributed by atoms with Gasteiger partial charge in [-0.2, -0.15) is 5.10 Å². The fourth-order valence-electron chi connectivity index (χ4n) is 5.15. The second-order valence-electron chi connectivity index (χ2n) is 11.9. The summed E-state index contributed by atoms with van der Waals surface area (Å²) in [6, 6.07) is 16.3. The van der Waals surface area contributed by atoms with E-state index < -0.39 is 5.60 Å². The van der Waals surface area contributed by atoms with Crippen molar-refractivity contribution in [1.29, 1.82) is 0 Å². The van der Waals surface area contributed by atoms with Crippen LogP contribution in [0, 0.1) is 0 Å². The zero-order valence-corrected chi connectivity index (χ0v) is 26.1. The molecule has 1 atom stereocenters. The van der Waals surface area contributed by atoms with Crippen LogP contribution in [0.25, 0.3) is 11.0 Å². The van der Waals surface area contributed by atoms with Gasteiger partial charge in [0.25, 0.3) is 5.91 Å². The highest BCUT2D eigenvalue weighted by atomic mass is 16.6. The van der Waals surface area contributed by atoms with Gasteiger partial charge in [-0.15, -0.1) is 0 Å². The molecule has 0 unspecified atom stereocenters. The fraction of sp³-hybridized carbons (Fsp3) is 0.303. The number of aromatic amines is 1. The molecule has 5 aromatic rings. The third-order valence-corrected chi connectivity index (χ3v) is 7.34. The molecule has 1 aliphatic heterocycles. The summed E-state index contributed by atoms with van der Waals surface area (Å²) in [5.41, 5.74) is 1.53. The van der Waals surface area contributed by atoms with Gasteiger partial charge in [-0.3, -0.25) is 10.1 Å². The lowest BCUT2D eigenvalue weighted by molar-refractivity contribution is 0.0293. The Balaban J connectivity index is 1.26.